The summed E-state index contributed by atoms with van der Waals surface area (Å²) in [7, 11) is -2.12. The van der Waals surface area contributed by atoms with E-state index < -0.39 is 10.0 Å². The van der Waals surface area contributed by atoms with E-state index in [2.05, 4.69) is 9.71 Å². The van der Waals surface area contributed by atoms with E-state index in [1.807, 2.05) is 0 Å². The molecule has 0 saturated carbocycles. The summed E-state index contributed by atoms with van der Waals surface area (Å²) >= 11 is 0. The van der Waals surface area contributed by atoms with E-state index in [0.717, 1.165) is 0 Å². The molecule has 0 bridgehead atoms. The number of nitrogens with zero attached hydrogens (tertiary/aromatic N) is 1. The maximum Gasteiger partial charge on any atom is 0.263 e. The Morgan fingerprint density at radius 2 is 1.80 bits per heavy atom. The predicted molar refractivity (Wildman–Crippen MR) is 77.5 cm³/mol. The third-order valence-corrected chi connectivity index (χ3v) is 4.50. The Labute approximate surface area is 118 Å². The minimum Gasteiger partial charge on any atom is -0.497 e. The van der Waals surface area contributed by atoms with E-state index in [9.17, 15) is 8.42 Å². The standard InChI is InChI=1S/C14H16N2O3S/c1-10-8-12(19-3)9-11(2)14(10)20(17,18)16-13-6-4-5-7-15-13/h4-9H,1-3H3,(H,15,16). The number of benzene rings is 1. The zero-order valence-electron chi connectivity index (χ0n) is 11.5. The number of hydrogen-bond acceptors (Lipinski definition) is 4. The average Bonchev–Trinajstić information content (AvgIpc) is 2.37. The van der Waals surface area contributed by atoms with Crippen LogP contribution in [0.5, 0.6) is 5.75 Å². The van der Waals surface area contributed by atoms with Crippen molar-refractivity contribution < 1.29 is 13.2 Å². The summed E-state index contributed by atoms with van der Waals surface area (Å²) in [6.07, 6.45) is 1.53. The summed E-state index contributed by atoms with van der Waals surface area (Å²) < 4.78 is 32.5. The molecule has 1 heterocycles. The number of methoxy groups -OCH3 is 1. The molecule has 106 valence electrons. The van der Waals surface area contributed by atoms with E-state index in [1.54, 1.807) is 51.3 Å². The van der Waals surface area contributed by atoms with Crippen LogP contribution in [0, 0.1) is 13.8 Å². The van der Waals surface area contributed by atoms with Gasteiger partial charge in [-0.1, -0.05) is 6.07 Å². The number of pyridine rings is 1. The zero-order valence-corrected chi connectivity index (χ0v) is 12.4. The van der Waals surface area contributed by atoms with Gasteiger partial charge in [-0.15, -0.1) is 0 Å². The molecule has 0 saturated heterocycles. The van der Waals surface area contributed by atoms with Crippen LogP contribution in [0.4, 0.5) is 5.82 Å². The molecule has 6 heteroatoms. The number of hydrogen-bond donors (Lipinski definition) is 1. The van der Waals surface area contributed by atoms with E-state index in [1.165, 1.54) is 6.20 Å². The Kier molecular flexibility index (Phi) is 3.94. The topological polar surface area (TPSA) is 68.3 Å². The highest BCUT2D eigenvalue weighted by molar-refractivity contribution is 7.92. The Morgan fingerprint density at radius 1 is 1.15 bits per heavy atom. The molecule has 0 radical (unpaired) electrons. The van der Waals surface area contributed by atoms with Crippen LogP contribution in [-0.4, -0.2) is 20.5 Å². The number of sulfonamides is 1. The van der Waals surface area contributed by atoms with Gasteiger partial charge in [-0.3, -0.25) is 4.72 Å². The van der Waals surface area contributed by atoms with Gasteiger partial charge in [-0.25, -0.2) is 13.4 Å². The van der Waals surface area contributed by atoms with Crippen molar-refractivity contribution in [1.82, 2.24) is 4.98 Å². The molecule has 0 aliphatic rings. The van der Waals surface area contributed by atoms with Crippen LogP contribution >= 0.6 is 0 Å². The van der Waals surface area contributed by atoms with Crippen LogP contribution in [0.15, 0.2) is 41.4 Å². The predicted octanol–water partition coefficient (Wildman–Crippen LogP) is 2.51. The SMILES string of the molecule is COc1cc(C)c(S(=O)(=O)Nc2ccccn2)c(C)c1. The zero-order chi connectivity index (χ0) is 14.8. The lowest BCUT2D eigenvalue weighted by Gasteiger charge is -2.13. The normalized spacial score (nSPS) is 11.2. The number of nitrogens with one attached hydrogen (secondary N) is 1. The second kappa shape index (κ2) is 5.50. The van der Waals surface area contributed by atoms with Crippen LogP contribution in [0.2, 0.25) is 0 Å². The minimum absolute atomic E-state index is 0.254. The summed E-state index contributed by atoms with van der Waals surface area (Å²) in [4.78, 5) is 4.22. The van der Waals surface area contributed by atoms with Gasteiger partial charge in [-0.2, -0.15) is 0 Å². The first-order chi connectivity index (χ1) is 9.44. The fourth-order valence-electron chi connectivity index (χ4n) is 2.06. The van der Waals surface area contributed by atoms with Gasteiger partial charge in [0, 0.05) is 6.20 Å². The van der Waals surface area contributed by atoms with Crippen molar-refractivity contribution in [2.45, 2.75) is 18.7 Å². The molecule has 20 heavy (non-hydrogen) atoms. The fourth-order valence-corrected chi connectivity index (χ4v) is 3.53. The van der Waals surface area contributed by atoms with Crippen molar-refractivity contribution in [1.29, 1.82) is 0 Å². The Hall–Kier alpha value is -2.08. The van der Waals surface area contributed by atoms with Crippen molar-refractivity contribution in [3.63, 3.8) is 0 Å². The fraction of sp³-hybridized carbons (Fsp3) is 0.214. The van der Waals surface area contributed by atoms with E-state index in [4.69, 9.17) is 4.74 Å². The van der Waals surface area contributed by atoms with Gasteiger partial charge in [0.05, 0.1) is 12.0 Å². The molecule has 2 aromatic rings. The molecule has 0 aliphatic heterocycles. The van der Waals surface area contributed by atoms with E-state index >= 15 is 0 Å². The van der Waals surface area contributed by atoms with Crippen molar-refractivity contribution in [3.8, 4) is 5.75 Å². The Balaban J connectivity index is 2.45. The summed E-state index contributed by atoms with van der Waals surface area (Å²) in [6, 6.07) is 8.44. The maximum absolute atomic E-state index is 12.5. The number of ether oxygens (including phenoxy) is 1. The molecule has 1 aromatic heterocycles. The summed E-state index contributed by atoms with van der Waals surface area (Å²) in [6.45, 7) is 3.48. The van der Waals surface area contributed by atoms with Gasteiger partial charge in [-0.05, 0) is 49.2 Å². The van der Waals surface area contributed by atoms with Gasteiger partial charge < -0.3 is 4.74 Å². The first kappa shape index (κ1) is 14.3. The minimum atomic E-state index is -3.67. The number of anilines is 1. The lowest BCUT2D eigenvalue weighted by atomic mass is 10.1. The Morgan fingerprint density at radius 3 is 2.30 bits per heavy atom. The molecule has 0 spiro atoms. The molecular weight excluding hydrogens is 276 g/mol. The molecule has 1 aromatic carbocycles. The average molecular weight is 292 g/mol. The monoisotopic (exact) mass is 292 g/mol. The summed E-state index contributed by atoms with van der Waals surface area (Å²) in [5.41, 5.74) is 1.26. The van der Waals surface area contributed by atoms with Crippen LogP contribution in [0.25, 0.3) is 0 Å². The van der Waals surface area contributed by atoms with Gasteiger partial charge in [0.1, 0.15) is 11.6 Å². The van der Waals surface area contributed by atoms with Gasteiger partial charge in [0.25, 0.3) is 10.0 Å². The van der Waals surface area contributed by atoms with Crippen LogP contribution < -0.4 is 9.46 Å². The van der Waals surface area contributed by atoms with Crippen molar-refractivity contribution >= 4 is 15.8 Å². The molecular formula is C14H16N2O3S. The van der Waals surface area contributed by atoms with Crippen LogP contribution in [-0.2, 0) is 10.0 Å². The first-order valence-corrected chi connectivity index (χ1v) is 7.51. The highest BCUT2D eigenvalue weighted by Gasteiger charge is 2.20. The van der Waals surface area contributed by atoms with Gasteiger partial charge >= 0.3 is 0 Å². The molecule has 0 aliphatic carbocycles. The highest BCUT2D eigenvalue weighted by atomic mass is 32.2. The molecule has 0 unspecified atom stereocenters. The van der Waals surface area contributed by atoms with Crippen LogP contribution in [0.3, 0.4) is 0 Å². The molecule has 5 nitrogen and oxygen atoms in total. The van der Waals surface area contributed by atoms with Crippen molar-refractivity contribution in [2.75, 3.05) is 11.8 Å². The van der Waals surface area contributed by atoms with E-state index in [0.29, 0.717) is 22.7 Å². The lowest BCUT2D eigenvalue weighted by Crippen LogP contribution is -2.16. The molecule has 0 fully saturated rings. The number of aromatic nitrogens is 1. The maximum atomic E-state index is 12.5. The third kappa shape index (κ3) is 2.91. The molecule has 0 amide bonds. The highest BCUT2D eigenvalue weighted by Crippen LogP contribution is 2.26. The number of rotatable bonds is 4. The summed E-state index contributed by atoms with van der Waals surface area (Å²) in [5, 5.41) is 0. The Bertz CT molecular complexity index is 689. The van der Waals surface area contributed by atoms with Crippen molar-refractivity contribution in [3.05, 3.63) is 47.7 Å². The largest absolute Gasteiger partial charge is 0.497 e. The quantitative estimate of drug-likeness (QED) is 0.940. The van der Waals surface area contributed by atoms with Crippen LogP contribution in [0.1, 0.15) is 11.1 Å². The first-order valence-electron chi connectivity index (χ1n) is 6.03. The molecule has 1 N–H and O–H groups in total. The van der Waals surface area contributed by atoms with Crippen molar-refractivity contribution in [2.24, 2.45) is 0 Å². The smallest absolute Gasteiger partial charge is 0.263 e. The second-order valence-electron chi connectivity index (χ2n) is 4.41. The van der Waals surface area contributed by atoms with E-state index in [-0.39, 0.29) is 4.90 Å². The second-order valence-corrected chi connectivity index (χ2v) is 6.03. The third-order valence-electron chi connectivity index (χ3n) is 2.84. The lowest BCUT2D eigenvalue weighted by molar-refractivity contribution is 0.413. The molecule has 0 atom stereocenters. The molecule has 2 rings (SSSR count). The number of aryl methyl sites for hydroxylation is 2. The summed E-state index contributed by atoms with van der Waals surface area (Å²) in [5.74, 6) is 0.930. The van der Waals surface area contributed by atoms with Gasteiger partial charge in [0.15, 0.2) is 0 Å². The van der Waals surface area contributed by atoms with Gasteiger partial charge in [0.2, 0.25) is 0 Å².